The van der Waals surface area contributed by atoms with E-state index >= 15 is 0 Å². The van der Waals surface area contributed by atoms with Crippen LogP contribution in [-0.2, 0) is 10.2 Å². The van der Waals surface area contributed by atoms with Gasteiger partial charge in [0.25, 0.3) is 10.2 Å². The Labute approximate surface area is 86.8 Å². The fourth-order valence-corrected chi connectivity index (χ4v) is 2.09. The molecule has 0 saturated carbocycles. The zero-order chi connectivity index (χ0) is 11.2. The van der Waals surface area contributed by atoms with Crippen LogP contribution in [-0.4, -0.2) is 38.9 Å². The van der Waals surface area contributed by atoms with Gasteiger partial charge in [0.15, 0.2) is 0 Å². The summed E-state index contributed by atoms with van der Waals surface area (Å²) in [4.78, 5) is 0. The van der Waals surface area contributed by atoms with E-state index in [0.29, 0.717) is 19.5 Å². The normalized spacial score (nSPS) is 14.6. The minimum absolute atomic E-state index is 0.0275. The molecule has 0 bridgehead atoms. The molecule has 1 unspecified atom stereocenters. The Morgan fingerprint density at radius 1 is 1.50 bits per heavy atom. The first kappa shape index (κ1) is 13.8. The molecule has 0 saturated heterocycles. The van der Waals surface area contributed by atoms with E-state index in [1.54, 1.807) is 7.05 Å². The van der Waals surface area contributed by atoms with Gasteiger partial charge < -0.3 is 5.73 Å². The SMILES string of the molecule is CCC(C)NS(=O)(=O)N(C)CCCN. The predicted octanol–water partition coefficient (Wildman–Crippen LogP) is -0.100. The molecule has 3 N–H and O–H groups in total. The molecule has 0 spiro atoms. The maximum absolute atomic E-state index is 11.6. The van der Waals surface area contributed by atoms with Gasteiger partial charge in [0.1, 0.15) is 0 Å². The van der Waals surface area contributed by atoms with Crippen molar-refractivity contribution in [1.82, 2.24) is 9.03 Å². The Morgan fingerprint density at radius 2 is 2.07 bits per heavy atom. The standard InChI is InChI=1S/C8H21N3O2S/c1-4-8(2)10-14(12,13)11(3)7-5-6-9/h8,10H,4-7,9H2,1-3H3. The van der Waals surface area contributed by atoms with Gasteiger partial charge in [0.05, 0.1) is 0 Å². The van der Waals surface area contributed by atoms with Crippen LogP contribution in [0, 0.1) is 0 Å². The summed E-state index contributed by atoms with van der Waals surface area (Å²) in [6.07, 6.45) is 1.46. The van der Waals surface area contributed by atoms with Crippen molar-refractivity contribution < 1.29 is 8.42 Å². The summed E-state index contributed by atoms with van der Waals surface area (Å²) in [5.41, 5.74) is 5.31. The minimum atomic E-state index is -3.32. The van der Waals surface area contributed by atoms with Crippen LogP contribution in [0.15, 0.2) is 0 Å². The third kappa shape index (κ3) is 4.90. The second-order valence-electron chi connectivity index (χ2n) is 3.40. The molecule has 0 rings (SSSR count). The topological polar surface area (TPSA) is 75.4 Å². The highest BCUT2D eigenvalue weighted by molar-refractivity contribution is 7.87. The van der Waals surface area contributed by atoms with E-state index in [2.05, 4.69) is 4.72 Å². The smallest absolute Gasteiger partial charge is 0.279 e. The highest BCUT2D eigenvalue weighted by Crippen LogP contribution is 1.98. The Hall–Kier alpha value is -0.170. The van der Waals surface area contributed by atoms with Crippen LogP contribution in [0.5, 0.6) is 0 Å². The largest absolute Gasteiger partial charge is 0.330 e. The van der Waals surface area contributed by atoms with Crippen molar-refractivity contribution in [2.45, 2.75) is 32.7 Å². The zero-order valence-electron chi connectivity index (χ0n) is 9.16. The number of nitrogens with zero attached hydrogens (tertiary/aromatic N) is 1. The van der Waals surface area contributed by atoms with E-state index in [-0.39, 0.29) is 6.04 Å². The Kier molecular flexibility index (Phi) is 6.26. The van der Waals surface area contributed by atoms with Crippen molar-refractivity contribution in [3.63, 3.8) is 0 Å². The summed E-state index contributed by atoms with van der Waals surface area (Å²) in [5.74, 6) is 0. The van der Waals surface area contributed by atoms with Gasteiger partial charge in [-0.05, 0) is 26.3 Å². The van der Waals surface area contributed by atoms with Crippen LogP contribution in [0.2, 0.25) is 0 Å². The first-order valence-corrected chi connectivity index (χ1v) is 6.31. The lowest BCUT2D eigenvalue weighted by atomic mass is 10.3. The molecule has 0 aromatic carbocycles. The van der Waals surface area contributed by atoms with Crippen LogP contribution in [0.25, 0.3) is 0 Å². The monoisotopic (exact) mass is 223 g/mol. The molecule has 0 aliphatic carbocycles. The van der Waals surface area contributed by atoms with E-state index in [9.17, 15) is 8.42 Å². The molecule has 0 heterocycles. The lowest BCUT2D eigenvalue weighted by molar-refractivity contribution is 0.443. The lowest BCUT2D eigenvalue weighted by Crippen LogP contribution is -2.43. The van der Waals surface area contributed by atoms with Crippen LogP contribution >= 0.6 is 0 Å². The summed E-state index contributed by atoms with van der Waals surface area (Å²) >= 11 is 0. The van der Waals surface area contributed by atoms with E-state index in [1.165, 1.54) is 4.31 Å². The van der Waals surface area contributed by atoms with Crippen molar-refractivity contribution >= 4 is 10.2 Å². The number of nitrogens with two attached hydrogens (primary N) is 1. The predicted molar refractivity (Wildman–Crippen MR) is 58.1 cm³/mol. The van der Waals surface area contributed by atoms with Crippen LogP contribution in [0.3, 0.4) is 0 Å². The van der Waals surface area contributed by atoms with Crippen LogP contribution in [0.1, 0.15) is 26.7 Å². The number of hydrogen-bond acceptors (Lipinski definition) is 3. The van der Waals surface area contributed by atoms with Crippen LogP contribution < -0.4 is 10.5 Å². The van der Waals surface area contributed by atoms with Crippen molar-refractivity contribution in [2.75, 3.05) is 20.1 Å². The van der Waals surface area contributed by atoms with Crippen molar-refractivity contribution in [3.05, 3.63) is 0 Å². The molecule has 14 heavy (non-hydrogen) atoms. The molecule has 1 atom stereocenters. The summed E-state index contributed by atoms with van der Waals surface area (Å²) in [7, 11) is -1.76. The number of hydrogen-bond donors (Lipinski definition) is 2. The van der Waals surface area contributed by atoms with Gasteiger partial charge in [-0.1, -0.05) is 6.92 Å². The van der Waals surface area contributed by atoms with Gasteiger partial charge in [-0.3, -0.25) is 0 Å². The summed E-state index contributed by atoms with van der Waals surface area (Å²) < 4.78 is 27.0. The number of nitrogens with one attached hydrogen (secondary N) is 1. The Bertz CT molecular complexity index is 241. The van der Waals surface area contributed by atoms with Crippen molar-refractivity contribution in [1.29, 1.82) is 0 Å². The van der Waals surface area contributed by atoms with Gasteiger partial charge in [0, 0.05) is 19.6 Å². The van der Waals surface area contributed by atoms with Gasteiger partial charge in [0.2, 0.25) is 0 Å². The van der Waals surface area contributed by atoms with E-state index in [0.717, 1.165) is 6.42 Å². The van der Waals surface area contributed by atoms with E-state index in [1.807, 2.05) is 13.8 Å². The highest BCUT2D eigenvalue weighted by atomic mass is 32.2. The summed E-state index contributed by atoms with van der Waals surface area (Å²) in [6, 6.07) is -0.0275. The van der Waals surface area contributed by atoms with Gasteiger partial charge in [-0.25, -0.2) is 0 Å². The van der Waals surface area contributed by atoms with Gasteiger partial charge >= 0.3 is 0 Å². The second kappa shape index (κ2) is 6.34. The molecular formula is C8H21N3O2S. The number of rotatable bonds is 7. The van der Waals surface area contributed by atoms with E-state index < -0.39 is 10.2 Å². The molecule has 0 aliphatic rings. The maximum atomic E-state index is 11.6. The summed E-state index contributed by atoms with van der Waals surface area (Å²) in [5, 5.41) is 0. The van der Waals surface area contributed by atoms with Gasteiger partial charge in [-0.15, -0.1) is 0 Å². The fraction of sp³-hybridized carbons (Fsp3) is 1.00. The molecule has 5 nitrogen and oxygen atoms in total. The van der Waals surface area contributed by atoms with E-state index in [4.69, 9.17) is 5.73 Å². The third-order valence-electron chi connectivity index (χ3n) is 2.05. The fourth-order valence-electron chi connectivity index (χ4n) is 0.862. The summed E-state index contributed by atoms with van der Waals surface area (Å²) in [6.45, 7) is 4.74. The third-order valence-corrected chi connectivity index (χ3v) is 3.75. The molecule has 0 fully saturated rings. The highest BCUT2D eigenvalue weighted by Gasteiger charge is 2.18. The molecule has 0 aromatic rings. The van der Waals surface area contributed by atoms with Crippen molar-refractivity contribution in [2.24, 2.45) is 5.73 Å². The lowest BCUT2D eigenvalue weighted by Gasteiger charge is -2.20. The zero-order valence-corrected chi connectivity index (χ0v) is 9.97. The molecule has 86 valence electrons. The molecule has 0 aromatic heterocycles. The Morgan fingerprint density at radius 3 is 2.50 bits per heavy atom. The average molecular weight is 223 g/mol. The quantitative estimate of drug-likeness (QED) is 0.633. The molecule has 0 aliphatic heterocycles. The van der Waals surface area contributed by atoms with Gasteiger partial charge in [-0.2, -0.15) is 17.4 Å². The first-order valence-electron chi connectivity index (χ1n) is 4.87. The van der Waals surface area contributed by atoms with Crippen molar-refractivity contribution in [3.8, 4) is 0 Å². The second-order valence-corrected chi connectivity index (χ2v) is 5.21. The maximum Gasteiger partial charge on any atom is 0.279 e. The Balaban J connectivity index is 4.17. The first-order chi connectivity index (χ1) is 6.44. The average Bonchev–Trinajstić information content (AvgIpc) is 2.13. The molecule has 0 radical (unpaired) electrons. The molecule has 0 amide bonds. The molecular weight excluding hydrogens is 202 g/mol. The minimum Gasteiger partial charge on any atom is -0.330 e. The molecule has 6 heteroatoms. The van der Waals surface area contributed by atoms with Crippen LogP contribution in [0.4, 0.5) is 0 Å².